The average molecular weight is 283 g/mol. The zero-order chi connectivity index (χ0) is 13.8. The van der Waals surface area contributed by atoms with Gasteiger partial charge >= 0.3 is 0 Å². The third kappa shape index (κ3) is 3.19. The highest BCUT2D eigenvalue weighted by molar-refractivity contribution is 6.33. The van der Waals surface area contributed by atoms with E-state index in [2.05, 4.69) is 5.32 Å². The van der Waals surface area contributed by atoms with Crippen molar-refractivity contribution < 1.29 is 9.53 Å². The molecule has 1 fully saturated rings. The third-order valence-electron chi connectivity index (χ3n) is 3.73. The van der Waals surface area contributed by atoms with E-state index in [1.165, 1.54) is 0 Å². The van der Waals surface area contributed by atoms with Crippen LogP contribution in [0.1, 0.15) is 19.3 Å². The quantitative estimate of drug-likeness (QED) is 0.892. The Labute approximate surface area is 118 Å². The number of benzene rings is 1. The fraction of sp³-hybridized carbons (Fsp3) is 0.500. The summed E-state index contributed by atoms with van der Waals surface area (Å²) in [7, 11) is 1.58. The van der Waals surface area contributed by atoms with E-state index in [-0.39, 0.29) is 17.7 Å². The van der Waals surface area contributed by atoms with Crippen LogP contribution in [0.2, 0.25) is 5.02 Å². The number of anilines is 1. The number of hydrogen-bond donors (Lipinski definition) is 2. The topological polar surface area (TPSA) is 64.3 Å². The molecule has 1 aliphatic carbocycles. The number of carbonyl (C=O) groups excluding carboxylic acids is 1. The molecule has 104 valence electrons. The number of rotatable bonds is 4. The minimum atomic E-state index is -0.00716. The lowest BCUT2D eigenvalue weighted by atomic mass is 9.95. The predicted molar refractivity (Wildman–Crippen MR) is 76.5 cm³/mol. The molecule has 3 N–H and O–H groups in total. The minimum absolute atomic E-state index is 0.00287. The molecular formula is C14H19ClN2O2. The highest BCUT2D eigenvalue weighted by Crippen LogP contribution is 2.33. The third-order valence-corrected chi connectivity index (χ3v) is 4.06. The maximum absolute atomic E-state index is 12.3. The first kappa shape index (κ1) is 14.2. The number of ether oxygens (including phenoxy) is 1. The van der Waals surface area contributed by atoms with Gasteiger partial charge in [-0.3, -0.25) is 4.79 Å². The van der Waals surface area contributed by atoms with Gasteiger partial charge in [0.2, 0.25) is 5.91 Å². The van der Waals surface area contributed by atoms with Crippen LogP contribution in [0.3, 0.4) is 0 Å². The first-order chi connectivity index (χ1) is 9.15. The second-order valence-corrected chi connectivity index (χ2v) is 5.28. The summed E-state index contributed by atoms with van der Waals surface area (Å²) < 4.78 is 5.13. The van der Waals surface area contributed by atoms with E-state index >= 15 is 0 Å². The van der Waals surface area contributed by atoms with Crippen molar-refractivity contribution in [3.8, 4) is 5.75 Å². The van der Waals surface area contributed by atoms with Gasteiger partial charge in [0, 0.05) is 12.0 Å². The molecule has 2 atom stereocenters. The summed E-state index contributed by atoms with van der Waals surface area (Å²) in [6.45, 7) is 0.559. The summed E-state index contributed by atoms with van der Waals surface area (Å²) >= 11 is 6.08. The number of carbonyl (C=O) groups is 1. The maximum atomic E-state index is 12.3. The molecule has 4 nitrogen and oxygen atoms in total. The van der Waals surface area contributed by atoms with Gasteiger partial charge in [-0.05, 0) is 37.4 Å². The van der Waals surface area contributed by atoms with Gasteiger partial charge in [0.25, 0.3) is 0 Å². The van der Waals surface area contributed by atoms with Crippen LogP contribution in [0.25, 0.3) is 0 Å². The molecule has 1 aromatic rings. The summed E-state index contributed by atoms with van der Waals surface area (Å²) in [6, 6.07) is 5.20. The largest absolute Gasteiger partial charge is 0.497 e. The van der Waals surface area contributed by atoms with Crippen LogP contribution in [0.15, 0.2) is 18.2 Å². The van der Waals surface area contributed by atoms with E-state index in [4.69, 9.17) is 22.1 Å². The summed E-state index contributed by atoms with van der Waals surface area (Å²) in [5.74, 6) is 0.946. The number of methoxy groups -OCH3 is 1. The van der Waals surface area contributed by atoms with E-state index in [0.717, 1.165) is 19.3 Å². The molecule has 0 spiro atoms. The van der Waals surface area contributed by atoms with Crippen molar-refractivity contribution in [1.29, 1.82) is 0 Å². The van der Waals surface area contributed by atoms with Gasteiger partial charge in [0.15, 0.2) is 0 Å². The first-order valence-corrected chi connectivity index (χ1v) is 6.88. The second kappa shape index (κ2) is 6.26. The average Bonchev–Trinajstić information content (AvgIpc) is 2.89. The molecule has 0 bridgehead atoms. The van der Waals surface area contributed by atoms with E-state index in [1.54, 1.807) is 25.3 Å². The van der Waals surface area contributed by atoms with Crippen LogP contribution in [-0.2, 0) is 4.79 Å². The first-order valence-electron chi connectivity index (χ1n) is 6.50. The zero-order valence-electron chi connectivity index (χ0n) is 11.0. The summed E-state index contributed by atoms with van der Waals surface area (Å²) in [4.78, 5) is 12.3. The highest BCUT2D eigenvalue weighted by atomic mass is 35.5. The number of amides is 1. The van der Waals surface area contributed by atoms with E-state index < -0.39 is 0 Å². The van der Waals surface area contributed by atoms with Gasteiger partial charge in [0.1, 0.15) is 5.75 Å². The van der Waals surface area contributed by atoms with Crippen molar-refractivity contribution in [2.45, 2.75) is 19.3 Å². The van der Waals surface area contributed by atoms with Gasteiger partial charge < -0.3 is 15.8 Å². The number of nitrogens with two attached hydrogens (primary N) is 1. The van der Waals surface area contributed by atoms with Gasteiger partial charge in [0.05, 0.1) is 17.8 Å². The molecule has 1 aromatic carbocycles. The highest BCUT2D eigenvalue weighted by Gasteiger charge is 2.32. The maximum Gasteiger partial charge on any atom is 0.227 e. The van der Waals surface area contributed by atoms with Crippen LogP contribution in [0.4, 0.5) is 5.69 Å². The second-order valence-electron chi connectivity index (χ2n) is 4.87. The van der Waals surface area contributed by atoms with E-state index in [1.807, 2.05) is 0 Å². The zero-order valence-corrected chi connectivity index (χ0v) is 11.7. The standard InChI is InChI=1S/C14H19ClN2O2/c1-19-10-5-6-12(15)13(7-10)17-14(18)11-4-2-3-9(11)8-16/h5-7,9,11H,2-4,8,16H2,1H3,(H,17,18). The lowest BCUT2D eigenvalue weighted by Gasteiger charge is -2.18. The van der Waals surface area contributed by atoms with Crippen LogP contribution >= 0.6 is 11.6 Å². The van der Waals surface area contributed by atoms with Crippen molar-refractivity contribution in [2.24, 2.45) is 17.6 Å². The Morgan fingerprint density at radius 1 is 1.53 bits per heavy atom. The van der Waals surface area contributed by atoms with Crippen LogP contribution in [0.5, 0.6) is 5.75 Å². The molecule has 19 heavy (non-hydrogen) atoms. The van der Waals surface area contributed by atoms with Crippen molar-refractivity contribution >= 4 is 23.2 Å². The Hall–Kier alpha value is -1.26. The monoisotopic (exact) mass is 282 g/mol. The van der Waals surface area contributed by atoms with Crippen molar-refractivity contribution in [3.63, 3.8) is 0 Å². The Balaban J connectivity index is 2.10. The molecule has 0 heterocycles. The van der Waals surface area contributed by atoms with Crippen molar-refractivity contribution in [3.05, 3.63) is 23.2 Å². The molecule has 0 aromatic heterocycles. The van der Waals surface area contributed by atoms with Gasteiger partial charge in [-0.15, -0.1) is 0 Å². The smallest absolute Gasteiger partial charge is 0.227 e. The van der Waals surface area contributed by atoms with Crippen molar-refractivity contribution in [2.75, 3.05) is 19.0 Å². The Kier molecular flexibility index (Phi) is 4.66. The lowest BCUT2D eigenvalue weighted by molar-refractivity contribution is -0.120. The molecule has 2 unspecified atom stereocenters. The number of halogens is 1. The van der Waals surface area contributed by atoms with E-state index in [9.17, 15) is 4.79 Å². The molecule has 5 heteroatoms. The molecule has 0 radical (unpaired) electrons. The lowest BCUT2D eigenvalue weighted by Crippen LogP contribution is -2.29. The molecule has 2 rings (SSSR count). The Morgan fingerprint density at radius 2 is 2.32 bits per heavy atom. The molecule has 0 saturated heterocycles. The summed E-state index contributed by atoms with van der Waals surface area (Å²) in [6.07, 6.45) is 2.99. The number of nitrogens with one attached hydrogen (secondary N) is 1. The SMILES string of the molecule is COc1ccc(Cl)c(NC(=O)C2CCCC2CN)c1. The summed E-state index contributed by atoms with van der Waals surface area (Å²) in [5.41, 5.74) is 6.30. The molecule has 0 aliphatic heterocycles. The van der Waals surface area contributed by atoms with Crippen molar-refractivity contribution in [1.82, 2.24) is 0 Å². The normalized spacial score (nSPS) is 22.3. The fourth-order valence-corrected chi connectivity index (χ4v) is 2.78. The fourth-order valence-electron chi connectivity index (χ4n) is 2.62. The van der Waals surface area contributed by atoms with Gasteiger partial charge in [-0.1, -0.05) is 18.0 Å². The van der Waals surface area contributed by atoms with E-state index in [0.29, 0.717) is 23.0 Å². The van der Waals surface area contributed by atoms with Gasteiger partial charge in [-0.2, -0.15) is 0 Å². The summed E-state index contributed by atoms with van der Waals surface area (Å²) in [5, 5.41) is 3.40. The molecule has 1 saturated carbocycles. The van der Waals surface area contributed by atoms with Crippen LogP contribution in [0, 0.1) is 11.8 Å². The molecule has 1 aliphatic rings. The molecular weight excluding hydrogens is 264 g/mol. The van der Waals surface area contributed by atoms with Crippen LogP contribution in [-0.4, -0.2) is 19.6 Å². The Morgan fingerprint density at radius 3 is 3.00 bits per heavy atom. The minimum Gasteiger partial charge on any atom is -0.497 e. The Bertz CT molecular complexity index is 465. The number of hydrogen-bond acceptors (Lipinski definition) is 3. The molecule has 1 amide bonds. The predicted octanol–water partition coefficient (Wildman–Crippen LogP) is 2.66. The van der Waals surface area contributed by atoms with Gasteiger partial charge in [-0.25, -0.2) is 0 Å². The van der Waals surface area contributed by atoms with Crippen LogP contribution < -0.4 is 15.8 Å².